The topological polar surface area (TPSA) is 35.5 Å². The van der Waals surface area contributed by atoms with Crippen molar-refractivity contribution in [3.8, 4) is 0 Å². The Hall–Kier alpha value is -0.610. The minimum atomic E-state index is -0.164. The summed E-state index contributed by atoms with van der Waals surface area (Å²) in [5.41, 5.74) is 0.402. The van der Waals surface area contributed by atoms with Crippen LogP contribution in [0.25, 0.3) is 0 Å². The van der Waals surface area contributed by atoms with Crippen LogP contribution in [0.5, 0.6) is 0 Å². The van der Waals surface area contributed by atoms with Crippen LogP contribution in [0.15, 0.2) is 18.2 Å². The first-order valence-electron chi connectivity index (χ1n) is 6.34. The average molecular weight is 303 g/mol. The van der Waals surface area contributed by atoms with Crippen LogP contribution in [0.3, 0.4) is 0 Å². The van der Waals surface area contributed by atoms with Crippen molar-refractivity contribution in [2.75, 3.05) is 19.8 Å². The highest BCUT2D eigenvalue weighted by Crippen LogP contribution is 2.21. The number of hydrogen-bond donors (Lipinski definition) is 0. The Morgan fingerprint density at radius 2 is 2.21 bits per heavy atom. The van der Waals surface area contributed by atoms with Gasteiger partial charge in [-0.2, -0.15) is 0 Å². The summed E-state index contributed by atoms with van der Waals surface area (Å²) in [6.07, 6.45) is 3.36. The van der Waals surface area contributed by atoms with Gasteiger partial charge in [0.05, 0.1) is 17.7 Å². The second kappa shape index (κ2) is 7.25. The number of benzene rings is 1. The molecule has 1 atom stereocenters. The lowest BCUT2D eigenvalue weighted by Crippen LogP contribution is -2.25. The van der Waals surface area contributed by atoms with Gasteiger partial charge in [0.2, 0.25) is 0 Å². The van der Waals surface area contributed by atoms with Crippen LogP contribution >= 0.6 is 23.2 Å². The van der Waals surface area contributed by atoms with Gasteiger partial charge in [-0.3, -0.25) is 4.79 Å². The van der Waals surface area contributed by atoms with Crippen molar-refractivity contribution in [1.82, 2.24) is 0 Å². The minimum Gasteiger partial charge on any atom is -0.376 e. The number of carbonyl (C=O) groups is 1. The molecule has 1 aliphatic rings. The van der Waals surface area contributed by atoms with Crippen molar-refractivity contribution in [2.45, 2.75) is 25.4 Å². The van der Waals surface area contributed by atoms with E-state index in [-0.39, 0.29) is 18.5 Å². The number of Topliss-reactive ketones (excluding diaryl/α,β-unsaturated/α-hetero) is 1. The number of hydrogen-bond acceptors (Lipinski definition) is 3. The molecule has 0 radical (unpaired) electrons. The number of carbonyl (C=O) groups excluding carboxylic acids is 1. The number of halogens is 2. The number of ketones is 1. The Bertz CT molecular complexity index is 442. The second-order valence-corrected chi connectivity index (χ2v) is 5.39. The van der Waals surface area contributed by atoms with E-state index in [9.17, 15) is 4.79 Å². The molecule has 0 aromatic heterocycles. The fraction of sp³-hybridized carbons (Fsp3) is 0.500. The monoisotopic (exact) mass is 302 g/mol. The summed E-state index contributed by atoms with van der Waals surface area (Å²) >= 11 is 11.8. The molecule has 1 aliphatic heterocycles. The third-order valence-electron chi connectivity index (χ3n) is 3.04. The minimum absolute atomic E-state index is 0.0000772. The van der Waals surface area contributed by atoms with E-state index in [1.54, 1.807) is 18.2 Å². The molecule has 3 nitrogen and oxygen atoms in total. The second-order valence-electron chi connectivity index (χ2n) is 4.55. The molecule has 2 rings (SSSR count). The lowest BCUT2D eigenvalue weighted by molar-refractivity contribution is -0.0370. The van der Waals surface area contributed by atoms with E-state index < -0.39 is 0 Å². The molecule has 0 saturated carbocycles. The molecule has 0 spiro atoms. The molecule has 1 heterocycles. The Labute approximate surface area is 122 Å². The van der Waals surface area contributed by atoms with Gasteiger partial charge in [0, 0.05) is 17.2 Å². The highest BCUT2D eigenvalue weighted by atomic mass is 35.5. The molecular formula is C14H16Cl2O3. The van der Waals surface area contributed by atoms with Crippen LogP contribution in [-0.4, -0.2) is 31.7 Å². The van der Waals surface area contributed by atoms with Gasteiger partial charge in [-0.05, 0) is 37.5 Å². The van der Waals surface area contributed by atoms with Crippen LogP contribution in [-0.2, 0) is 9.47 Å². The van der Waals surface area contributed by atoms with Gasteiger partial charge in [-0.1, -0.05) is 23.2 Å². The molecule has 0 amide bonds. The van der Waals surface area contributed by atoms with Crippen LogP contribution in [0.2, 0.25) is 10.0 Å². The zero-order valence-corrected chi connectivity index (χ0v) is 12.0. The summed E-state index contributed by atoms with van der Waals surface area (Å²) in [4.78, 5) is 12.0. The van der Waals surface area contributed by atoms with Crippen molar-refractivity contribution in [3.63, 3.8) is 0 Å². The highest BCUT2D eigenvalue weighted by Gasteiger charge is 2.16. The lowest BCUT2D eigenvalue weighted by Gasteiger charge is -2.22. The molecule has 0 N–H and O–H groups in total. The lowest BCUT2D eigenvalue weighted by atomic mass is 10.1. The molecule has 19 heavy (non-hydrogen) atoms. The van der Waals surface area contributed by atoms with E-state index in [1.807, 2.05) is 0 Å². The summed E-state index contributed by atoms with van der Waals surface area (Å²) in [5, 5.41) is 0.885. The normalized spacial score (nSPS) is 19.4. The first-order valence-corrected chi connectivity index (χ1v) is 7.10. The Balaban J connectivity index is 1.82. The van der Waals surface area contributed by atoms with Crippen molar-refractivity contribution in [1.29, 1.82) is 0 Å². The van der Waals surface area contributed by atoms with Crippen molar-refractivity contribution in [2.24, 2.45) is 0 Å². The van der Waals surface area contributed by atoms with E-state index in [0.717, 1.165) is 25.9 Å². The molecule has 1 fully saturated rings. The van der Waals surface area contributed by atoms with Crippen LogP contribution in [0, 0.1) is 0 Å². The van der Waals surface area contributed by atoms with Gasteiger partial charge < -0.3 is 9.47 Å². The smallest absolute Gasteiger partial charge is 0.190 e. The fourth-order valence-electron chi connectivity index (χ4n) is 2.01. The molecule has 1 saturated heterocycles. The third kappa shape index (κ3) is 4.46. The van der Waals surface area contributed by atoms with Gasteiger partial charge in [0.15, 0.2) is 5.78 Å². The Morgan fingerprint density at radius 3 is 2.95 bits per heavy atom. The largest absolute Gasteiger partial charge is 0.376 e. The third-order valence-corrected chi connectivity index (χ3v) is 3.60. The molecular weight excluding hydrogens is 287 g/mol. The van der Waals surface area contributed by atoms with Crippen molar-refractivity contribution in [3.05, 3.63) is 33.8 Å². The maximum absolute atomic E-state index is 12.0. The maximum Gasteiger partial charge on any atom is 0.190 e. The molecule has 1 unspecified atom stereocenters. The molecule has 0 bridgehead atoms. The fourth-order valence-corrected chi connectivity index (χ4v) is 2.41. The Morgan fingerprint density at radius 1 is 1.37 bits per heavy atom. The van der Waals surface area contributed by atoms with Gasteiger partial charge in [0.1, 0.15) is 6.61 Å². The maximum atomic E-state index is 12.0. The summed E-state index contributed by atoms with van der Waals surface area (Å²) in [7, 11) is 0. The zero-order valence-electron chi connectivity index (χ0n) is 10.5. The molecule has 1 aromatic rings. The molecule has 104 valence electrons. The number of ether oxygens (including phenoxy) is 2. The predicted molar refractivity (Wildman–Crippen MR) is 75.2 cm³/mol. The van der Waals surface area contributed by atoms with E-state index in [4.69, 9.17) is 32.7 Å². The van der Waals surface area contributed by atoms with Gasteiger partial charge in [0.25, 0.3) is 0 Å². The predicted octanol–water partition coefficient (Wildman–Crippen LogP) is 3.76. The van der Waals surface area contributed by atoms with E-state index in [2.05, 4.69) is 0 Å². The summed E-state index contributed by atoms with van der Waals surface area (Å²) < 4.78 is 10.9. The summed E-state index contributed by atoms with van der Waals surface area (Å²) in [6.45, 7) is 1.23. The quantitative estimate of drug-likeness (QED) is 0.777. The van der Waals surface area contributed by atoms with E-state index >= 15 is 0 Å². The molecule has 5 heteroatoms. The van der Waals surface area contributed by atoms with E-state index in [1.165, 1.54) is 0 Å². The molecule has 0 aliphatic carbocycles. The van der Waals surface area contributed by atoms with Crippen molar-refractivity contribution >= 4 is 29.0 Å². The van der Waals surface area contributed by atoms with Crippen LogP contribution in [0.1, 0.15) is 29.6 Å². The van der Waals surface area contributed by atoms with Gasteiger partial charge >= 0.3 is 0 Å². The first-order chi connectivity index (χ1) is 9.16. The van der Waals surface area contributed by atoms with Gasteiger partial charge in [-0.25, -0.2) is 0 Å². The Kier molecular flexibility index (Phi) is 5.64. The number of rotatable bonds is 5. The highest BCUT2D eigenvalue weighted by molar-refractivity contribution is 6.35. The van der Waals surface area contributed by atoms with E-state index in [0.29, 0.717) is 22.2 Å². The summed E-state index contributed by atoms with van der Waals surface area (Å²) in [5.74, 6) is -0.164. The van der Waals surface area contributed by atoms with Crippen LogP contribution < -0.4 is 0 Å². The van der Waals surface area contributed by atoms with Crippen molar-refractivity contribution < 1.29 is 14.3 Å². The standard InChI is InChI=1S/C14H16Cl2O3/c15-10-4-5-13(16)12(7-10)14(17)9-18-8-11-3-1-2-6-19-11/h4-5,7,11H,1-3,6,8-9H2. The first kappa shape index (κ1) is 14.8. The van der Waals surface area contributed by atoms with Gasteiger partial charge in [-0.15, -0.1) is 0 Å². The average Bonchev–Trinajstić information content (AvgIpc) is 2.42. The van der Waals surface area contributed by atoms with Crippen LogP contribution in [0.4, 0.5) is 0 Å². The zero-order chi connectivity index (χ0) is 13.7. The SMILES string of the molecule is O=C(COCC1CCCCO1)c1cc(Cl)ccc1Cl. The molecule has 1 aromatic carbocycles. The summed E-state index contributed by atoms with van der Waals surface area (Å²) in [6, 6.07) is 4.82.